The van der Waals surface area contributed by atoms with Crippen LogP contribution in [0.15, 0.2) is 82.0 Å². The second-order valence-corrected chi connectivity index (χ2v) is 7.43. The van der Waals surface area contributed by atoms with E-state index in [-0.39, 0.29) is 11.4 Å². The lowest BCUT2D eigenvalue weighted by molar-refractivity contribution is 0.563. The van der Waals surface area contributed by atoms with E-state index in [2.05, 4.69) is 4.98 Å². The number of hydrogen-bond donors (Lipinski definition) is 0. The van der Waals surface area contributed by atoms with E-state index >= 15 is 0 Å². The van der Waals surface area contributed by atoms with Crippen LogP contribution in [0.4, 0.5) is 0 Å². The Hall–Kier alpha value is -3.21. The molecular weight excluding hydrogens is 407 g/mol. The molecule has 5 rings (SSSR count). The van der Waals surface area contributed by atoms with Gasteiger partial charge >= 0.3 is 5.63 Å². The molecule has 0 aliphatic carbocycles. The monoisotopic (exact) mass is 418 g/mol. The number of fused-ring (bicyclic) bond motifs is 2. The molecule has 0 atom stereocenters. The highest BCUT2D eigenvalue weighted by Crippen LogP contribution is 2.31. The molecule has 0 unspecified atom stereocenters. The van der Waals surface area contributed by atoms with Crippen LogP contribution in [-0.2, 0) is 0 Å². The maximum atomic E-state index is 12.7. The lowest BCUT2D eigenvalue weighted by Gasteiger charge is -2.09. The first-order chi connectivity index (χ1) is 14.1. The van der Waals surface area contributed by atoms with E-state index in [1.54, 1.807) is 30.3 Å². The summed E-state index contributed by atoms with van der Waals surface area (Å²) < 4.78 is 5.46. The molecule has 6 heteroatoms. The number of nitrogens with zero attached hydrogens (tertiary/aromatic N) is 2. The number of benzene rings is 3. The quantitative estimate of drug-likeness (QED) is 0.312. The molecule has 0 radical (unpaired) electrons. The van der Waals surface area contributed by atoms with Crippen LogP contribution in [0.25, 0.3) is 44.5 Å². The summed E-state index contributed by atoms with van der Waals surface area (Å²) in [6, 6.07) is 21.9. The number of halogens is 2. The van der Waals surface area contributed by atoms with Gasteiger partial charge in [-0.3, -0.25) is 0 Å². The molecule has 3 aromatic carbocycles. The minimum absolute atomic E-state index is 0.272. The van der Waals surface area contributed by atoms with Gasteiger partial charge < -0.3 is 4.42 Å². The van der Waals surface area contributed by atoms with Crippen LogP contribution in [0.1, 0.15) is 0 Å². The molecule has 0 aliphatic rings. The summed E-state index contributed by atoms with van der Waals surface area (Å²) >= 11 is 12.3. The number of hydrogen-bond acceptors (Lipinski definition) is 4. The van der Waals surface area contributed by atoms with Crippen LogP contribution < -0.4 is 5.63 Å². The average Bonchev–Trinajstić information content (AvgIpc) is 2.73. The Bertz CT molecular complexity index is 1450. The largest absolute Gasteiger partial charge is 0.422 e. The van der Waals surface area contributed by atoms with Gasteiger partial charge in [-0.05, 0) is 42.5 Å². The highest BCUT2D eigenvalue weighted by atomic mass is 35.5. The van der Waals surface area contributed by atoms with Gasteiger partial charge in [0.2, 0.25) is 0 Å². The van der Waals surface area contributed by atoms with Crippen molar-refractivity contribution in [2.75, 3.05) is 0 Å². The molecule has 0 fully saturated rings. The summed E-state index contributed by atoms with van der Waals surface area (Å²) in [6.45, 7) is 0. The predicted octanol–water partition coefficient (Wildman–Crippen LogP) is 6.38. The fourth-order valence-electron chi connectivity index (χ4n) is 3.29. The van der Waals surface area contributed by atoms with Gasteiger partial charge in [-0.1, -0.05) is 53.5 Å². The van der Waals surface area contributed by atoms with Crippen molar-refractivity contribution in [3.63, 3.8) is 0 Å². The molecule has 0 saturated carbocycles. The first-order valence-electron chi connectivity index (χ1n) is 8.85. The molecule has 2 heterocycles. The van der Waals surface area contributed by atoms with E-state index in [9.17, 15) is 4.79 Å². The van der Waals surface area contributed by atoms with Gasteiger partial charge in [0.15, 0.2) is 5.82 Å². The summed E-state index contributed by atoms with van der Waals surface area (Å²) in [6.07, 6.45) is 0. The van der Waals surface area contributed by atoms with E-state index in [1.165, 1.54) is 0 Å². The van der Waals surface area contributed by atoms with Crippen LogP contribution >= 0.6 is 23.2 Å². The molecule has 0 spiro atoms. The smallest absolute Gasteiger partial charge is 0.347 e. The summed E-state index contributed by atoms with van der Waals surface area (Å²) in [5.74, 6) is 0.286. The van der Waals surface area contributed by atoms with E-state index < -0.39 is 5.63 Å². The van der Waals surface area contributed by atoms with Gasteiger partial charge in [0.25, 0.3) is 0 Å². The van der Waals surface area contributed by atoms with Crippen molar-refractivity contribution in [1.29, 1.82) is 0 Å². The summed E-state index contributed by atoms with van der Waals surface area (Å²) in [7, 11) is 0. The van der Waals surface area contributed by atoms with Gasteiger partial charge in [0.05, 0.1) is 11.2 Å². The fraction of sp³-hybridized carbons (Fsp3) is 0. The van der Waals surface area contributed by atoms with Crippen molar-refractivity contribution in [1.82, 2.24) is 9.97 Å². The second-order valence-electron chi connectivity index (χ2n) is 6.55. The molecule has 2 aromatic heterocycles. The van der Waals surface area contributed by atoms with Crippen LogP contribution in [0, 0.1) is 0 Å². The van der Waals surface area contributed by atoms with E-state index in [1.807, 2.05) is 42.5 Å². The molecule has 0 N–H and O–H groups in total. The summed E-state index contributed by atoms with van der Waals surface area (Å²) in [4.78, 5) is 22.0. The van der Waals surface area contributed by atoms with Crippen LogP contribution in [0.5, 0.6) is 0 Å². The first kappa shape index (κ1) is 17.9. The Morgan fingerprint density at radius 3 is 2.38 bits per heavy atom. The van der Waals surface area contributed by atoms with Crippen LogP contribution in [0.2, 0.25) is 10.0 Å². The fourth-order valence-corrected chi connectivity index (χ4v) is 3.64. The number of rotatable bonds is 2. The molecule has 5 aromatic rings. The molecule has 4 nitrogen and oxygen atoms in total. The molecular formula is C23H12Cl2N2O2. The SMILES string of the molecule is O=c1oc2ccc(Cl)cc2cc1-c1nc(-c2ccccc2)c2cc(Cl)ccc2n1. The van der Waals surface area contributed by atoms with Gasteiger partial charge in [0.1, 0.15) is 11.1 Å². The van der Waals surface area contributed by atoms with Crippen LogP contribution in [-0.4, -0.2) is 9.97 Å². The minimum atomic E-state index is -0.507. The Morgan fingerprint density at radius 1 is 0.793 bits per heavy atom. The molecule has 29 heavy (non-hydrogen) atoms. The predicted molar refractivity (Wildman–Crippen MR) is 116 cm³/mol. The molecule has 0 amide bonds. The third-order valence-electron chi connectivity index (χ3n) is 4.64. The normalized spacial score (nSPS) is 11.2. The average molecular weight is 419 g/mol. The minimum Gasteiger partial charge on any atom is -0.422 e. The number of aromatic nitrogens is 2. The van der Waals surface area contributed by atoms with Crippen molar-refractivity contribution in [2.24, 2.45) is 0 Å². The first-order valence-corrected chi connectivity index (χ1v) is 9.60. The summed E-state index contributed by atoms with van der Waals surface area (Å²) in [5, 5.41) is 2.65. The zero-order chi connectivity index (χ0) is 20.0. The lowest BCUT2D eigenvalue weighted by atomic mass is 10.1. The van der Waals surface area contributed by atoms with Gasteiger partial charge in [0, 0.05) is 26.4 Å². The Labute approximate surface area is 175 Å². The Morgan fingerprint density at radius 2 is 1.55 bits per heavy atom. The topological polar surface area (TPSA) is 56.0 Å². The van der Waals surface area contributed by atoms with E-state index in [0.29, 0.717) is 32.2 Å². The molecule has 0 saturated heterocycles. The lowest BCUT2D eigenvalue weighted by Crippen LogP contribution is -2.06. The zero-order valence-corrected chi connectivity index (χ0v) is 16.4. The van der Waals surface area contributed by atoms with Crippen molar-refractivity contribution in [3.8, 4) is 22.6 Å². The molecule has 140 valence electrons. The van der Waals surface area contributed by atoms with Gasteiger partial charge in [-0.15, -0.1) is 0 Å². The molecule has 0 bridgehead atoms. The van der Waals surface area contributed by atoms with Crippen molar-refractivity contribution in [2.45, 2.75) is 0 Å². The van der Waals surface area contributed by atoms with Gasteiger partial charge in [-0.25, -0.2) is 14.8 Å². The van der Waals surface area contributed by atoms with Crippen molar-refractivity contribution in [3.05, 3.63) is 93.3 Å². The third-order valence-corrected chi connectivity index (χ3v) is 5.11. The second kappa shape index (κ2) is 6.99. The maximum absolute atomic E-state index is 12.7. The highest BCUT2D eigenvalue weighted by Gasteiger charge is 2.16. The van der Waals surface area contributed by atoms with Crippen molar-refractivity contribution < 1.29 is 4.42 Å². The van der Waals surface area contributed by atoms with E-state index in [4.69, 9.17) is 32.6 Å². The maximum Gasteiger partial charge on any atom is 0.347 e. The van der Waals surface area contributed by atoms with E-state index in [0.717, 1.165) is 10.9 Å². The Balaban J connectivity index is 1.82. The summed E-state index contributed by atoms with van der Waals surface area (Å²) in [5.41, 5.74) is 2.50. The zero-order valence-electron chi connectivity index (χ0n) is 14.9. The van der Waals surface area contributed by atoms with Crippen molar-refractivity contribution >= 4 is 45.1 Å². The highest BCUT2D eigenvalue weighted by molar-refractivity contribution is 6.31. The van der Waals surface area contributed by atoms with Crippen LogP contribution in [0.3, 0.4) is 0 Å². The third kappa shape index (κ3) is 3.27. The van der Waals surface area contributed by atoms with Gasteiger partial charge in [-0.2, -0.15) is 0 Å². The molecule has 0 aliphatic heterocycles. The standard InChI is InChI=1S/C23H12Cl2N2O2/c24-15-7-9-20-14(10-15)11-18(23(28)29-20)22-26-19-8-6-16(25)12-17(19)21(27-22)13-4-2-1-3-5-13/h1-12H. The Kier molecular flexibility index (Phi) is 4.31.